The van der Waals surface area contributed by atoms with Crippen LogP contribution in [0, 0.1) is 11.1 Å². The van der Waals surface area contributed by atoms with Gasteiger partial charge in [0.1, 0.15) is 11.1 Å². The number of nitrogens with zero attached hydrogens (tertiary/aromatic N) is 1. The van der Waals surface area contributed by atoms with Crippen molar-refractivity contribution >= 4 is 41.4 Å². The first-order valence-corrected chi connectivity index (χ1v) is 0.954. The monoisotopic (exact) mass is 120 g/mol. The van der Waals surface area contributed by atoms with Gasteiger partial charge in [-0.2, -0.15) is 0 Å². The molecule has 0 spiro atoms. The number of rotatable bonds is 0. The summed E-state index contributed by atoms with van der Waals surface area (Å²) in [5, 5.41) is 0. The van der Waals surface area contributed by atoms with Crippen molar-refractivity contribution < 1.29 is 4.66 Å². The molecule has 0 aromatic rings. The van der Waals surface area contributed by atoms with Gasteiger partial charge in [0, 0.05) is 0 Å². The zero-order valence-electron chi connectivity index (χ0n) is 2.27. The molecule has 0 aliphatic heterocycles. The Balaban J connectivity index is -0.0000000275. The molecule has 0 aliphatic rings. The molecule has 0 saturated carbocycles. The number of hydrogen-bond acceptors (Lipinski definition) is 3. The molecule has 0 heterocycles. The number of nitrogens with one attached hydrogen (secondary N) is 2. The van der Waals surface area contributed by atoms with Gasteiger partial charge in [-0.1, -0.05) is 0 Å². The predicted molar refractivity (Wildman–Crippen MR) is 22.8 cm³/mol. The molecule has 0 saturated heterocycles. The summed E-state index contributed by atoms with van der Waals surface area (Å²) in [5.74, 6) is 0. The van der Waals surface area contributed by atoms with Crippen LogP contribution in [0.4, 0.5) is 0 Å². The average molecular weight is 120 g/mol. The SMILES string of the molecule is N=[N+]=N.OCl.[NaH]. The quantitative estimate of drug-likeness (QED) is 0.227. The van der Waals surface area contributed by atoms with Crippen LogP contribution < -0.4 is 4.91 Å². The molecule has 0 fully saturated rings. The first kappa shape index (κ1) is 16.0. The normalized spacial score (nSPS) is 2.33. The third-order valence-corrected chi connectivity index (χ3v) is 0. The van der Waals surface area contributed by atoms with Crippen LogP contribution >= 0.6 is 11.9 Å². The molecule has 0 amide bonds. The second-order valence-corrected chi connectivity index (χ2v) is 0.112. The van der Waals surface area contributed by atoms with Crippen LogP contribution in [-0.4, -0.2) is 34.2 Å². The molecule has 0 bridgehead atoms. The van der Waals surface area contributed by atoms with Crippen LogP contribution in [0.1, 0.15) is 0 Å². The van der Waals surface area contributed by atoms with Crippen molar-refractivity contribution in [2.45, 2.75) is 0 Å². The van der Waals surface area contributed by atoms with Gasteiger partial charge < -0.3 is 0 Å². The Morgan fingerprint density at radius 1 is 1.33 bits per heavy atom. The van der Waals surface area contributed by atoms with Crippen LogP contribution in [0.3, 0.4) is 0 Å². The van der Waals surface area contributed by atoms with Crippen molar-refractivity contribution in [3.8, 4) is 0 Å². The van der Waals surface area contributed by atoms with E-state index in [2.05, 4.69) is 11.9 Å². The molecular formula is H4ClN3NaO+. The number of halogens is 1. The molecule has 0 aliphatic carbocycles. The van der Waals surface area contributed by atoms with Gasteiger partial charge in [0.05, 0.1) is 11.9 Å². The van der Waals surface area contributed by atoms with E-state index in [9.17, 15) is 0 Å². The third-order valence-electron chi connectivity index (χ3n) is 0. The van der Waals surface area contributed by atoms with E-state index in [1.165, 1.54) is 0 Å². The Morgan fingerprint density at radius 3 is 1.33 bits per heavy atom. The summed E-state index contributed by atoms with van der Waals surface area (Å²) in [5.41, 5.74) is 11.0. The van der Waals surface area contributed by atoms with Crippen LogP contribution in [-0.2, 0) is 0 Å². The first-order chi connectivity index (χ1) is 2.41. The fourth-order valence-electron chi connectivity index (χ4n) is 0. The average Bonchev–Trinajstić information content (AvgIpc) is 1.46. The van der Waals surface area contributed by atoms with Gasteiger partial charge in [-0.05, 0) is 0 Å². The number of hydrogen-bond donors (Lipinski definition) is 3. The summed E-state index contributed by atoms with van der Waals surface area (Å²) in [6.07, 6.45) is 0. The predicted octanol–water partition coefficient (Wildman–Crippen LogP) is -0.400. The van der Waals surface area contributed by atoms with Crippen LogP contribution in [0.5, 0.6) is 0 Å². The van der Waals surface area contributed by atoms with E-state index in [0.29, 0.717) is 0 Å². The maximum atomic E-state index is 6.47. The van der Waals surface area contributed by atoms with Gasteiger partial charge in [-0.3, -0.25) is 4.66 Å². The zero-order chi connectivity index (χ0) is 4.71. The third kappa shape index (κ3) is 184. The fourth-order valence-corrected chi connectivity index (χ4v) is 0. The molecule has 0 aromatic heterocycles. The van der Waals surface area contributed by atoms with Crippen molar-refractivity contribution in [2.75, 3.05) is 0 Å². The molecule has 0 aromatic carbocycles. The molecule has 4 nitrogen and oxygen atoms in total. The van der Waals surface area contributed by atoms with Gasteiger partial charge in [0.25, 0.3) is 0 Å². The molecule has 0 radical (unpaired) electrons. The molecule has 0 rings (SSSR count). The summed E-state index contributed by atoms with van der Waals surface area (Å²) in [6.45, 7) is 0. The van der Waals surface area contributed by atoms with Gasteiger partial charge >= 0.3 is 29.6 Å². The van der Waals surface area contributed by atoms with Gasteiger partial charge in [0.15, 0.2) is 0 Å². The molecule has 0 atom stereocenters. The van der Waals surface area contributed by atoms with Crippen molar-refractivity contribution in [1.82, 2.24) is 4.91 Å². The molecule has 3 N–H and O–H groups in total. The Bertz CT molecular complexity index is 31.8. The van der Waals surface area contributed by atoms with E-state index in [-0.39, 0.29) is 29.6 Å². The van der Waals surface area contributed by atoms with E-state index in [4.69, 9.17) is 15.7 Å². The van der Waals surface area contributed by atoms with Crippen molar-refractivity contribution in [1.29, 1.82) is 11.1 Å². The van der Waals surface area contributed by atoms with E-state index in [1.54, 1.807) is 0 Å². The van der Waals surface area contributed by atoms with Crippen molar-refractivity contribution in [3.05, 3.63) is 0 Å². The summed E-state index contributed by atoms with van der Waals surface area (Å²) in [6, 6.07) is 0. The summed E-state index contributed by atoms with van der Waals surface area (Å²) < 4.78 is 6.47. The summed E-state index contributed by atoms with van der Waals surface area (Å²) >= 11 is 3.64. The van der Waals surface area contributed by atoms with E-state index in [1.807, 2.05) is 4.91 Å². The second-order valence-electron chi connectivity index (χ2n) is 0.112. The van der Waals surface area contributed by atoms with Gasteiger partial charge in [-0.25, -0.2) is 0 Å². The summed E-state index contributed by atoms with van der Waals surface area (Å²) in [7, 11) is 0. The minimum atomic E-state index is 0. The van der Waals surface area contributed by atoms with Crippen LogP contribution in [0.15, 0.2) is 0 Å². The Kier molecular flexibility index (Phi) is 127. The zero-order valence-corrected chi connectivity index (χ0v) is 3.03. The molecule has 0 unspecified atom stereocenters. The fraction of sp³-hybridized carbons (Fsp3) is 0. The molecule has 32 valence electrons. The first-order valence-electron chi connectivity index (χ1n) is 0.616. The Hall–Kier alpha value is 0.560. The van der Waals surface area contributed by atoms with Crippen LogP contribution in [0.25, 0.3) is 0 Å². The van der Waals surface area contributed by atoms with E-state index in [0.717, 1.165) is 0 Å². The van der Waals surface area contributed by atoms with Crippen molar-refractivity contribution in [3.63, 3.8) is 0 Å². The maximum absolute atomic E-state index is 6.47. The standard InChI is InChI=1S/ClHO.H2N3.Na.H/c1-2;1-3-2;;/h2H;1-2H;;/q;+1;;. The summed E-state index contributed by atoms with van der Waals surface area (Å²) in [4.78, 5) is 2.00. The van der Waals surface area contributed by atoms with E-state index >= 15 is 0 Å². The Labute approximate surface area is 62.0 Å². The van der Waals surface area contributed by atoms with Crippen molar-refractivity contribution in [2.24, 2.45) is 0 Å². The minimum absolute atomic E-state index is 0. The van der Waals surface area contributed by atoms with Crippen LogP contribution in [0.2, 0.25) is 0 Å². The topological polar surface area (TPSA) is 82.0 Å². The Morgan fingerprint density at radius 2 is 1.33 bits per heavy atom. The van der Waals surface area contributed by atoms with Gasteiger partial charge in [0.2, 0.25) is 4.91 Å². The molecule has 6 heavy (non-hydrogen) atoms. The molecular weight excluding hydrogens is 116 g/mol. The molecule has 6 heteroatoms. The van der Waals surface area contributed by atoms with Gasteiger partial charge in [-0.15, -0.1) is 0 Å². The van der Waals surface area contributed by atoms with E-state index < -0.39 is 0 Å². The second kappa shape index (κ2) is 47.5.